The molecule has 102 valence electrons. The first kappa shape index (κ1) is 12.6. The Morgan fingerprint density at radius 2 is 1.83 bits per heavy atom. The fraction of sp³-hybridized carbons (Fsp3) is 0.933. The van der Waals surface area contributed by atoms with Crippen LogP contribution < -0.4 is 0 Å². The van der Waals surface area contributed by atoms with Crippen molar-refractivity contribution in [1.82, 2.24) is 0 Å². The highest BCUT2D eigenvalue weighted by Crippen LogP contribution is 2.44. The lowest BCUT2D eigenvalue weighted by Gasteiger charge is -2.39. The quantitative estimate of drug-likeness (QED) is 0.758. The minimum Gasteiger partial charge on any atom is -0.375 e. The molecule has 0 amide bonds. The van der Waals surface area contributed by atoms with Gasteiger partial charge in [-0.05, 0) is 45.4 Å². The first-order valence-electron chi connectivity index (χ1n) is 7.46. The fourth-order valence-corrected chi connectivity index (χ4v) is 4.02. The van der Waals surface area contributed by atoms with Crippen LogP contribution in [-0.2, 0) is 14.3 Å². The number of ketones is 1. The lowest BCUT2D eigenvalue weighted by molar-refractivity contribution is -0.153. The third kappa shape index (κ3) is 2.12. The molecular formula is C15H24O3. The Labute approximate surface area is 109 Å². The van der Waals surface area contributed by atoms with Gasteiger partial charge >= 0.3 is 0 Å². The zero-order chi connectivity index (χ0) is 12.6. The summed E-state index contributed by atoms with van der Waals surface area (Å²) in [6.45, 7) is 3.49. The molecule has 0 aromatic heterocycles. The summed E-state index contributed by atoms with van der Waals surface area (Å²) < 4.78 is 11.7. The van der Waals surface area contributed by atoms with Crippen LogP contribution in [0.5, 0.6) is 0 Å². The lowest BCUT2D eigenvalue weighted by atomic mass is 9.77. The van der Waals surface area contributed by atoms with Gasteiger partial charge < -0.3 is 9.47 Å². The largest absolute Gasteiger partial charge is 0.375 e. The predicted molar refractivity (Wildman–Crippen MR) is 68.5 cm³/mol. The van der Waals surface area contributed by atoms with Crippen LogP contribution in [-0.4, -0.2) is 30.2 Å². The van der Waals surface area contributed by atoms with Crippen molar-refractivity contribution in [3.8, 4) is 0 Å². The molecule has 3 rings (SSSR count). The van der Waals surface area contributed by atoms with E-state index in [9.17, 15) is 4.79 Å². The van der Waals surface area contributed by atoms with Crippen LogP contribution in [0.25, 0.3) is 0 Å². The molecule has 2 atom stereocenters. The summed E-state index contributed by atoms with van der Waals surface area (Å²) in [6.07, 6.45) is 8.56. The van der Waals surface area contributed by atoms with E-state index in [1.165, 1.54) is 12.8 Å². The van der Waals surface area contributed by atoms with Crippen molar-refractivity contribution in [2.45, 2.75) is 69.5 Å². The van der Waals surface area contributed by atoms with Gasteiger partial charge in [0, 0.05) is 19.1 Å². The topological polar surface area (TPSA) is 35.5 Å². The van der Waals surface area contributed by atoms with Crippen molar-refractivity contribution in [3.63, 3.8) is 0 Å². The third-order valence-corrected chi connectivity index (χ3v) is 5.12. The summed E-state index contributed by atoms with van der Waals surface area (Å²) in [5.41, 5.74) is -0.463. The van der Waals surface area contributed by atoms with Crippen molar-refractivity contribution in [3.05, 3.63) is 0 Å². The van der Waals surface area contributed by atoms with Crippen LogP contribution in [0.2, 0.25) is 0 Å². The molecule has 0 N–H and O–H groups in total. The van der Waals surface area contributed by atoms with Gasteiger partial charge in [-0.25, -0.2) is 0 Å². The molecule has 2 saturated heterocycles. The van der Waals surface area contributed by atoms with Crippen LogP contribution >= 0.6 is 0 Å². The molecule has 1 spiro atoms. The molecule has 18 heavy (non-hydrogen) atoms. The van der Waals surface area contributed by atoms with Gasteiger partial charge in [0.2, 0.25) is 0 Å². The molecule has 0 aromatic carbocycles. The van der Waals surface area contributed by atoms with Crippen LogP contribution in [0.4, 0.5) is 0 Å². The number of hydrogen-bond acceptors (Lipinski definition) is 3. The van der Waals surface area contributed by atoms with Gasteiger partial charge in [-0.15, -0.1) is 0 Å². The maximum Gasteiger partial charge on any atom is 0.167 e. The number of rotatable bonds is 2. The van der Waals surface area contributed by atoms with Crippen LogP contribution in [0.1, 0.15) is 58.3 Å². The van der Waals surface area contributed by atoms with Gasteiger partial charge in [-0.3, -0.25) is 4.79 Å². The SMILES string of the molecule is CC1(C(=O)C2CCOC3(CCCC3)C2)CCCO1. The van der Waals surface area contributed by atoms with Crippen LogP contribution in [0.3, 0.4) is 0 Å². The highest BCUT2D eigenvalue weighted by Gasteiger charge is 2.47. The van der Waals surface area contributed by atoms with Gasteiger partial charge in [-0.1, -0.05) is 12.8 Å². The van der Waals surface area contributed by atoms with Crippen molar-refractivity contribution < 1.29 is 14.3 Å². The van der Waals surface area contributed by atoms with Crippen LogP contribution in [0.15, 0.2) is 0 Å². The number of Topliss-reactive ketones (excluding diaryl/α,β-unsaturated/α-hetero) is 1. The summed E-state index contributed by atoms with van der Waals surface area (Å²) in [6, 6.07) is 0. The van der Waals surface area contributed by atoms with E-state index < -0.39 is 5.60 Å². The van der Waals surface area contributed by atoms with Gasteiger partial charge in [0.15, 0.2) is 5.78 Å². The number of carbonyl (C=O) groups is 1. The zero-order valence-corrected chi connectivity index (χ0v) is 11.4. The molecule has 0 bridgehead atoms. The summed E-state index contributed by atoms with van der Waals surface area (Å²) in [5, 5.41) is 0. The van der Waals surface area contributed by atoms with Gasteiger partial charge in [0.25, 0.3) is 0 Å². The first-order valence-corrected chi connectivity index (χ1v) is 7.46. The smallest absolute Gasteiger partial charge is 0.167 e. The lowest BCUT2D eigenvalue weighted by Crippen LogP contribution is -2.46. The Morgan fingerprint density at radius 1 is 1.06 bits per heavy atom. The molecule has 3 nitrogen and oxygen atoms in total. The average Bonchev–Trinajstić information content (AvgIpc) is 2.99. The second-order valence-electron chi connectivity index (χ2n) is 6.48. The Balaban J connectivity index is 1.70. The van der Waals surface area contributed by atoms with Gasteiger partial charge in [-0.2, -0.15) is 0 Å². The molecule has 2 unspecified atom stereocenters. The average molecular weight is 252 g/mol. The standard InChI is InChI=1S/C15H24O3/c1-14(6-4-9-17-14)13(16)12-5-10-18-15(11-12)7-2-3-8-15/h12H,2-11H2,1H3. The number of ether oxygens (including phenoxy) is 2. The van der Waals surface area contributed by atoms with E-state index in [1.807, 2.05) is 6.92 Å². The van der Waals surface area contributed by atoms with E-state index in [4.69, 9.17) is 9.47 Å². The van der Waals surface area contributed by atoms with E-state index in [-0.39, 0.29) is 11.5 Å². The second-order valence-corrected chi connectivity index (χ2v) is 6.48. The highest BCUT2D eigenvalue weighted by molar-refractivity contribution is 5.89. The van der Waals surface area contributed by atoms with E-state index in [2.05, 4.69) is 0 Å². The molecule has 3 aliphatic rings. The summed E-state index contributed by atoms with van der Waals surface area (Å²) >= 11 is 0. The Bertz CT molecular complexity index is 325. The summed E-state index contributed by atoms with van der Waals surface area (Å²) in [7, 11) is 0. The molecule has 0 aromatic rings. The first-order chi connectivity index (χ1) is 8.64. The minimum atomic E-state index is -0.498. The second kappa shape index (κ2) is 4.61. The molecule has 3 fully saturated rings. The molecule has 0 radical (unpaired) electrons. The molecule has 2 aliphatic heterocycles. The Morgan fingerprint density at radius 3 is 2.50 bits per heavy atom. The summed E-state index contributed by atoms with van der Waals surface area (Å²) in [5.74, 6) is 0.509. The molecule has 1 aliphatic carbocycles. The molecule has 2 heterocycles. The van der Waals surface area contributed by atoms with Gasteiger partial charge in [0.05, 0.1) is 5.60 Å². The monoisotopic (exact) mass is 252 g/mol. The van der Waals surface area contributed by atoms with E-state index in [0.717, 1.165) is 51.7 Å². The number of carbonyl (C=O) groups excluding carboxylic acids is 1. The molecule has 3 heteroatoms. The Hall–Kier alpha value is -0.410. The maximum atomic E-state index is 12.7. The van der Waals surface area contributed by atoms with Crippen LogP contribution in [0, 0.1) is 5.92 Å². The van der Waals surface area contributed by atoms with E-state index >= 15 is 0 Å². The minimum absolute atomic E-state index is 0.0353. The van der Waals surface area contributed by atoms with Crippen molar-refractivity contribution in [2.24, 2.45) is 5.92 Å². The van der Waals surface area contributed by atoms with Crippen molar-refractivity contribution in [2.75, 3.05) is 13.2 Å². The highest BCUT2D eigenvalue weighted by atomic mass is 16.5. The molecule has 1 saturated carbocycles. The third-order valence-electron chi connectivity index (χ3n) is 5.12. The molecular weight excluding hydrogens is 228 g/mol. The van der Waals surface area contributed by atoms with Crippen molar-refractivity contribution in [1.29, 1.82) is 0 Å². The zero-order valence-electron chi connectivity index (χ0n) is 11.4. The Kier molecular flexibility index (Phi) is 3.23. The maximum absolute atomic E-state index is 12.7. The predicted octanol–water partition coefficient (Wildman–Crippen LogP) is 2.86. The van der Waals surface area contributed by atoms with E-state index in [0.29, 0.717) is 5.78 Å². The number of hydrogen-bond donors (Lipinski definition) is 0. The normalized spacial score (nSPS) is 39.3. The fourth-order valence-electron chi connectivity index (χ4n) is 4.02. The van der Waals surface area contributed by atoms with E-state index in [1.54, 1.807) is 0 Å². The van der Waals surface area contributed by atoms with Gasteiger partial charge in [0.1, 0.15) is 5.60 Å². The summed E-state index contributed by atoms with van der Waals surface area (Å²) in [4.78, 5) is 12.7. The van der Waals surface area contributed by atoms with Crippen molar-refractivity contribution >= 4 is 5.78 Å².